The van der Waals surface area contributed by atoms with Gasteiger partial charge in [0.1, 0.15) is 5.82 Å². The van der Waals surface area contributed by atoms with Crippen LogP contribution < -0.4 is 5.32 Å². The van der Waals surface area contributed by atoms with Crippen LogP contribution in [0.2, 0.25) is 0 Å². The molecular weight excluding hydrogens is 599 g/mol. The highest BCUT2D eigenvalue weighted by Crippen LogP contribution is 2.30. The number of hydrogen-bond donors (Lipinski definition) is 1. The van der Waals surface area contributed by atoms with Crippen molar-refractivity contribution in [3.05, 3.63) is 98.2 Å². The zero-order valence-corrected chi connectivity index (χ0v) is 23.0. The van der Waals surface area contributed by atoms with Crippen molar-refractivity contribution in [3.8, 4) is 0 Å². The number of amides is 1. The first-order chi connectivity index (χ1) is 16.7. The van der Waals surface area contributed by atoms with Gasteiger partial charge in [-0.05, 0) is 89.3 Å². The molecule has 1 aliphatic heterocycles. The summed E-state index contributed by atoms with van der Waals surface area (Å²) in [5.41, 5.74) is 1.51. The predicted molar refractivity (Wildman–Crippen MR) is 141 cm³/mol. The van der Waals surface area contributed by atoms with Crippen LogP contribution in [0.15, 0.2) is 80.6 Å². The van der Waals surface area contributed by atoms with Gasteiger partial charge < -0.3 is 5.32 Å². The predicted octanol–water partition coefficient (Wildman–Crippen LogP) is 6.43. The summed E-state index contributed by atoms with van der Waals surface area (Å²) in [5, 5.41) is 2.96. The van der Waals surface area contributed by atoms with Gasteiger partial charge in [-0.15, -0.1) is 0 Å². The fourth-order valence-corrected chi connectivity index (χ4v) is 6.91. The van der Waals surface area contributed by atoms with E-state index in [1.165, 1.54) is 28.6 Å². The molecule has 1 saturated heterocycles. The van der Waals surface area contributed by atoms with E-state index in [1.807, 2.05) is 31.2 Å². The molecule has 5 nitrogen and oxygen atoms in total. The van der Waals surface area contributed by atoms with Crippen LogP contribution in [-0.2, 0) is 10.0 Å². The van der Waals surface area contributed by atoms with Crippen molar-refractivity contribution < 1.29 is 17.6 Å². The molecule has 3 aromatic carbocycles. The lowest BCUT2D eigenvalue weighted by Crippen LogP contribution is -2.42. The molecule has 184 valence electrons. The second-order valence-corrected chi connectivity index (χ2v) is 12.3. The highest BCUT2D eigenvalue weighted by molar-refractivity contribution is 9.10. The summed E-state index contributed by atoms with van der Waals surface area (Å²) in [6.07, 6.45) is 2.62. The van der Waals surface area contributed by atoms with Crippen molar-refractivity contribution in [1.29, 1.82) is 0 Å². The van der Waals surface area contributed by atoms with Gasteiger partial charge in [-0.3, -0.25) is 4.79 Å². The first-order valence-electron chi connectivity index (χ1n) is 11.3. The van der Waals surface area contributed by atoms with E-state index >= 15 is 0 Å². The van der Waals surface area contributed by atoms with E-state index in [2.05, 4.69) is 37.2 Å². The molecule has 35 heavy (non-hydrogen) atoms. The van der Waals surface area contributed by atoms with Crippen LogP contribution in [0.1, 0.15) is 53.7 Å². The number of benzene rings is 3. The van der Waals surface area contributed by atoms with Crippen LogP contribution in [0.5, 0.6) is 0 Å². The monoisotopic (exact) mass is 622 g/mol. The van der Waals surface area contributed by atoms with Crippen molar-refractivity contribution in [1.82, 2.24) is 9.62 Å². The number of carbonyl (C=O) groups is 1. The smallest absolute Gasteiger partial charge is 0.253 e. The normalized spacial score (nSPS) is 17.7. The van der Waals surface area contributed by atoms with Crippen LogP contribution in [0.25, 0.3) is 0 Å². The Morgan fingerprint density at radius 3 is 2.43 bits per heavy atom. The Hall–Kier alpha value is -2.07. The molecule has 0 radical (unpaired) electrons. The van der Waals surface area contributed by atoms with Gasteiger partial charge in [0.15, 0.2) is 0 Å². The summed E-state index contributed by atoms with van der Waals surface area (Å²) in [6.45, 7) is 2.37. The maximum Gasteiger partial charge on any atom is 0.253 e. The quantitative estimate of drug-likeness (QED) is 0.344. The Labute approximate surface area is 222 Å². The fourth-order valence-electron chi connectivity index (χ4n) is 4.34. The van der Waals surface area contributed by atoms with Gasteiger partial charge in [0.25, 0.3) is 5.91 Å². The molecule has 2 atom stereocenters. The number of piperidine rings is 1. The van der Waals surface area contributed by atoms with Crippen molar-refractivity contribution in [2.75, 3.05) is 6.54 Å². The summed E-state index contributed by atoms with van der Waals surface area (Å²) in [4.78, 5) is 13.5. The number of hydrogen-bond acceptors (Lipinski definition) is 3. The second kappa shape index (κ2) is 10.9. The molecule has 1 N–H and O–H groups in total. The van der Waals surface area contributed by atoms with Crippen LogP contribution >= 0.6 is 31.9 Å². The largest absolute Gasteiger partial charge is 0.341 e. The molecule has 4 rings (SSSR count). The minimum absolute atomic E-state index is 0.0735. The van der Waals surface area contributed by atoms with Crippen LogP contribution in [0.4, 0.5) is 4.39 Å². The molecule has 0 aromatic heterocycles. The molecule has 0 bridgehead atoms. The van der Waals surface area contributed by atoms with E-state index in [9.17, 15) is 17.6 Å². The number of nitrogens with zero attached hydrogens (tertiary/aromatic N) is 1. The SMILES string of the molecule is CC1CCCCN1S(=O)(=O)c1ccc(Br)c(C(=O)NC(c2cccc(F)c2)c2cccc(Br)c2)c1. The second-order valence-electron chi connectivity index (χ2n) is 8.62. The number of halogens is 3. The van der Waals surface area contributed by atoms with E-state index in [4.69, 9.17) is 0 Å². The van der Waals surface area contributed by atoms with Gasteiger partial charge in [0.2, 0.25) is 10.0 Å². The van der Waals surface area contributed by atoms with Gasteiger partial charge in [-0.1, -0.05) is 46.6 Å². The van der Waals surface area contributed by atoms with E-state index in [1.54, 1.807) is 18.2 Å². The zero-order chi connectivity index (χ0) is 25.2. The Kier molecular flexibility index (Phi) is 8.10. The first kappa shape index (κ1) is 26.0. The van der Waals surface area contributed by atoms with E-state index in [-0.39, 0.29) is 16.5 Å². The van der Waals surface area contributed by atoms with Crippen molar-refractivity contribution in [2.24, 2.45) is 0 Å². The average Bonchev–Trinajstić information content (AvgIpc) is 2.82. The van der Waals surface area contributed by atoms with Gasteiger partial charge in [-0.2, -0.15) is 4.31 Å². The van der Waals surface area contributed by atoms with Crippen molar-refractivity contribution >= 4 is 47.8 Å². The maximum atomic E-state index is 14.0. The lowest BCUT2D eigenvalue weighted by atomic mass is 9.98. The molecule has 1 aliphatic rings. The highest BCUT2D eigenvalue weighted by atomic mass is 79.9. The maximum absolute atomic E-state index is 14.0. The van der Waals surface area contributed by atoms with Gasteiger partial charge in [0.05, 0.1) is 16.5 Å². The third-order valence-electron chi connectivity index (χ3n) is 6.17. The summed E-state index contributed by atoms with van der Waals surface area (Å²) in [6, 6.07) is 17.2. The van der Waals surface area contributed by atoms with Crippen LogP contribution in [-0.4, -0.2) is 31.2 Å². The van der Waals surface area contributed by atoms with Crippen molar-refractivity contribution in [2.45, 2.75) is 43.2 Å². The molecule has 1 fully saturated rings. The molecule has 3 aromatic rings. The third-order valence-corrected chi connectivity index (χ3v) is 9.36. The Morgan fingerprint density at radius 1 is 1.03 bits per heavy atom. The number of rotatable bonds is 6. The van der Waals surface area contributed by atoms with E-state index in [0.29, 0.717) is 16.6 Å². The zero-order valence-electron chi connectivity index (χ0n) is 19.0. The molecule has 2 unspecified atom stereocenters. The minimum atomic E-state index is -3.75. The topological polar surface area (TPSA) is 66.5 Å². The van der Waals surface area contributed by atoms with E-state index in [0.717, 1.165) is 29.3 Å². The molecule has 1 heterocycles. The lowest BCUT2D eigenvalue weighted by molar-refractivity contribution is 0.0942. The summed E-state index contributed by atoms with van der Waals surface area (Å²) in [7, 11) is -3.75. The Balaban J connectivity index is 1.69. The lowest BCUT2D eigenvalue weighted by Gasteiger charge is -2.32. The first-order valence-corrected chi connectivity index (χ1v) is 14.3. The van der Waals surface area contributed by atoms with Gasteiger partial charge >= 0.3 is 0 Å². The number of carbonyl (C=O) groups excluding carboxylic acids is 1. The van der Waals surface area contributed by atoms with Crippen LogP contribution in [0.3, 0.4) is 0 Å². The molecule has 0 aliphatic carbocycles. The molecule has 0 spiro atoms. The Bertz CT molecular complexity index is 1300. The summed E-state index contributed by atoms with van der Waals surface area (Å²) >= 11 is 6.84. The summed E-state index contributed by atoms with van der Waals surface area (Å²) < 4.78 is 43.5. The molecule has 0 saturated carbocycles. The van der Waals surface area contributed by atoms with Gasteiger partial charge in [-0.25, -0.2) is 12.8 Å². The fraction of sp³-hybridized carbons (Fsp3) is 0.269. The standard InChI is InChI=1S/C26H25Br2FN2O3S/c1-17-6-2-3-13-31(17)35(33,34)22-11-12-24(28)23(16-22)26(32)30-25(18-7-4-9-20(27)14-18)19-8-5-10-21(29)15-19/h4-5,7-12,14-17,25H,2-3,6,13H2,1H3,(H,30,32). The van der Waals surface area contributed by atoms with Gasteiger partial charge in [0, 0.05) is 21.5 Å². The summed E-state index contributed by atoms with van der Waals surface area (Å²) in [5.74, 6) is -0.892. The highest BCUT2D eigenvalue weighted by Gasteiger charge is 2.32. The molecule has 1 amide bonds. The average molecular weight is 624 g/mol. The molecule has 9 heteroatoms. The Morgan fingerprint density at radius 2 is 1.74 bits per heavy atom. The van der Waals surface area contributed by atoms with Crippen LogP contribution in [0, 0.1) is 5.82 Å². The molecular formula is C26H25Br2FN2O3S. The van der Waals surface area contributed by atoms with Crippen molar-refractivity contribution in [3.63, 3.8) is 0 Å². The van der Waals surface area contributed by atoms with E-state index < -0.39 is 27.8 Å². The number of sulfonamides is 1. The third kappa shape index (κ3) is 5.85. The minimum Gasteiger partial charge on any atom is -0.341 e. The number of nitrogens with one attached hydrogen (secondary N) is 1.